The van der Waals surface area contributed by atoms with Crippen LogP contribution >= 0.6 is 0 Å². The molecule has 0 spiro atoms. The molecular formula is C16H17N3O5S. The summed E-state index contributed by atoms with van der Waals surface area (Å²) in [5.41, 5.74) is 1.07. The fourth-order valence-electron chi connectivity index (χ4n) is 2.08. The number of carbonyl (C=O) groups is 2. The number of rotatable bonds is 5. The van der Waals surface area contributed by atoms with Gasteiger partial charge in [0.2, 0.25) is 15.9 Å². The molecule has 0 radical (unpaired) electrons. The lowest BCUT2D eigenvalue weighted by Gasteiger charge is -2.11. The number of anilines is 2. The van der Waals surface area contributed by atoms with Crippen molar-refractivity contribution in [3.05, 3.63) is 48.0 Å². The van der Waals surface area contributed by atoms with E-state index in [-0.39, 0.29) is 22.1 Å². The Morgan fingerprint density at radius 1 is 1.00 bits per heavy atom. The third kappa shape index (κ3) is 4.78. The van der Waals surface area contributed by atoms with Crippen LogP contribution in [0.1, 0.15) is 17.3 Å². The van der Waals surface area contributed by atoms with Gasteiger partial charge in [-0.2, -0.15) is 0 Å². The number of nitrogens with two attached hydrogens (primary N) is 1. The van der Waals surface area contributed by atoms with Crippen LogP contribution in [0.15, 0.2) is 47.4 Å². The molecule has 132 valence electrons. The number of hydrogen-bond donors (Lipinski definition) is 3. The molecule has 0 aromatic heterocycles. The highest BCUT2D eigenvalue weighted by Crippen LogP contribution is 2.23. The summed E-state index contributed by atoms with van der Waals surface area (Å²) in [5, 5.41) is 10.3. The zero-order valence-electron chi connectivity index (χ0n) is 13.6. The van der Waals surface area contributed by atoms with E-state index in [9.17, 15) is 18.0 Å². The SMILES string of the molecule is COc1ccc(S(N)(=O)=O)cc1C(=O)Nc1ccc(NC(C)=O)cc1. The van der Waals surface area contributed by atoms with Gasteiger partial charge in [0.15, 0.2) is 0 Å². The highest BCUT2D eigenvalue weighted by molar-refractivity contribution is 7.89. The second kappa shape index (κ2) is 7.32. The van der Waals surface area contributed by atoms with Crippen LogP contribution in [0.5, 0.6) is 5.75 Å². The lowest BCUT2D eigenvalue weighted by atomic mass is 10.1. The average Bonchev–Trinajstić information content (AvgIpc) is 2.54. The maximum atomic E-state index is 12.4. The van der Waals surface area contributed by atoms with E-state index in [0.717, 1.165) is 6.07 Å². The van der Waals surface area contributed by atoms with Crippen molar-refractivity contribution >= 4 is 33.2 Å². The average molecular weight is 363 g/mol. The number of amides is 2. The zero-order valence-corrected chi connectivity index (χ0v) is 14.4. The molecule has 0 unspecified atom stereocenters. The maximum Gasteiger partial charge on any atom is 0.259 e. The monoisotopic (exact) mass is 363 g/mol. The Balaban J connectivity index is 2.26. The van der Waals surface area contributed by atoms with Crippen molar-refractivity contribution < 1.29 is 22.7 Å². The molecule has 2 rings (SSSR count). The Hall–Kier alpha value is -2.91. The Morgan fingerprint density at radius 3 is 2.04 bits per heavy atom. The van der Waals surface area contributed by atoms with Crippen LogP contribution in [0, 0.1) is 0 Å². The first kappa shape index (κ1) is 18.4. The molecule has 0 aliphatic carbocycles. The van der Waals surface area contributed by atoms with E-state index in [2.05, 4.69) is 10.6 Å². The Labute approximate surface area is 145 Å². The summed E-state index contributed by atoms with van der Waals surface area (Å²) in [6.45, 7) is 1.39. The predicted octanol–water partition coefficient (Wildman–Crippen LogP) is 1.55. The van der Waals surface area contributed by atoms with Gasteiger partial charge in [-0.15, -0.1) is 0 Å². The summed E-state index contributed by atoms with van der Waals surface area (Å²) < 4.78 is 28.0. The summed E-state index contributed by atoms with van der Waals surface area (Å²) >= 11 is 0. The summed E-state index contributed by atoms with van der Waals surface area (Å²) in [6.07, 6.45) is 0. The van der Waals surface area contributed by atoms with Crippen LogP contribution in [0.2, 0.25) is 0 Å². The molecule has 4 N–H and O–H groups in total. The minimum absolute atomic E-state index is 0.0277. The Bertz CT molecular complexity index is 908. The Kier molecular flexibility index (Phi) is 5.40. The van der Waals surface area contributed by atoms with E-state index in [1.165, 1.54) is 26.2 Å². The van der Waals surface area contributed by atoms with Crippen molar-refractivity contribution in [1.82, 2.24) is 0 Å². The quantitative estimate of drug-likeness (QED) is 0.743. The second-order valence-corrected chi connectivity index (χ2v) is 6.68. The first-order valence-corrected chi connectivity index (χ1v) is 8.65. The molecular weight excluding hydrogens is 346 g/mol. The third-order valence-corrected chi connectivity index (χ3v) is 4.12. The lowest BCUT2D eigenvalue weighted by molar-refractivity contribution is -0.114. The van der Waals surface area contributed by atoms with Gasteiger partial charge in [0.25, 0.3) is 5.91 Å². The topological polar surface area (TPSA) is 128 Å². The second-order valence-electron chi connectivity index (χ2n) is 5.12. The van der Waals surface area contributed by atoms with Gasteiger partial charge in [0.05, 0.1) is 17.6 Å². The molecule has 0 saturated carbocycles. The molecule has 25 heavy (non-hydrogen) atoms. The van der Waals surface area contributed by atoms with Gasteiger partial charge in [-0.05, 0) is 42.5 Å². The van der Waals surface area contributed by atoms with E-state index >= 15 is 0 Å². The predicted molar refractivity (Wildman–Crippen MR) is 93.1 cm³/mol. The van der Waals surface area contributed by atoms with Gasteiger partial charge in [-0.3, -0.25) is 9.59 Å². The number of sulfonamides is 1. The number of methoxy groups -OCH3 is 1. The summed E-state index contributed by atoms with van der Waals surface area (Å²) in [5.74, 6) is -0.560. The van der Waals surface area contributed by atoms with Crippen LogP contribution in [0.25, 0.3) is 0 Å². The zero-order chi connectivity index (χ0) is 18.6. The number of primary sulfonamides is 1. The van der Waals surface area contributed by atoms with Gasteiger partial charge in [-0.25, -0.2) is 13.6 Å². The van der Waals surface area contributed by atoms with Gasteiger partial charge < -0.3 is 15.4 Å². The van der Waals surface area contributed by atoms with Gasteiger partial charge in [0, 0.05) is 18.3 Å². The molecule has 0 saturated heterocycles. The molecule has 0 atom stereocenters. The first-order valence-electron chi connectivity index (χ1n) is 7.10. The fourth-order valence-corrected chi connectivity index (χ4v) is 2.62. The molecule has 0 aliphatic rings. The molecule has 0 aliphatic heterocycles. The van der Waals surface area contributed by atoms with Gasteiger partial charge >= 0.3 is 0 Å². The number of benzene rings is 2. The van der Waals surface area contributed by atoms with Crippen LogP contribution in [0.3, 0.4) is 0 Å². The molecule has 9 heteroatoms. The molecule has 8 nitrogen and oxygen atoms in total. The molecule has 2 amide bonds. The normalized spacial score (nSPS) is 10.8. The molecule has 2 aromatic carbocycles. The van der Waals surface area contributed by atoms with Crippen molar-refractivity contribution in [1.29, 1.82) is 0 Å². The number of ether oxygens (including phenoxy) is 1. The molecule has 0 bridgehead atoms. The third-order valence-electron chi connectivity index (χ3n) is 3.21. The van der Waals surface area contributed by atoms with Crippen molar-refractivity contribution in [2.75, 3.05) is 17.7 Å². The number of nitrogens with one attached hydrogen (secondary N) is 2. The van der Waals surface area contributed by atoms with E-state index < -0.39 is 15.9 Å². The van der Waals surface area contributed by atoms with Gasteiger partial charge in [0.1, 0.15) is 5.75 Å². The first-order chi connectivity index (χ1) is 11.7. The van der Waals surface area contributed by atoms with Crippen LogP contribution in [-0.4, -0.2) is 27.3 Å². The van der Waals surface area contributed by atoms with E-state index in [4.69, 9.17) is 9.88 Å². The molecule has 0 fully saturated rings. The lowest BCUT2D eigenvalue weighted by Crippen LogP contribution is -2.16. The minimum atomic E-state index is -3.95. The molecule has 2 aromatic rings. The fraction of sp³-hybridized carbons (Fsp3) is 0.125. The standard InChI is InChI=1S/C16H17N3O5S/c1-10(20)18-11-3-5-12(6-4-11)19-16(21)14-9-13(25(17,22)23)7-8-15(14)24-2/h3-9H,1-2H3,(H,18,20)(H,19,21)(H2,17,22,23). The van der Waals surface area contributed by atoms with Crippen molar-refractivity contribution in [2.24, 2.45) is 5.14 Å². The van der Waals surface area contributed by atoms with E-state index in [1.807, 2.05) is 0 Å². The van der Waals surface area contributed by atoms with Gasteiger partial charge in [-0.1, -0.05) is 0 Å². The minimum Gasteiger partial charge on any atom is -0.496 e. The highest BCUT2D eigenvalue weighted by atomic mass is 32.2. The smallest absolute Gasteiger partial charge is 0.259 e. The van der Waals surface area contributed by atoms with Crippen molar-refractivity contribution in [3.63, 3.8) is 0 Å². The summed E-state index contributed by atoms with van der Waals surface area (Å²) in [6, 6.07) is 10.2. The van der Waals surface area contributed by atoms with Crippen LogP contribution < -0.4 is 20.5 Å². The largest absolute Gasteiger partial charge is 0.496 e. The van der Waals surface area contributed by atoms with Crippen LogP contribution in [-0.2, 0) is 14.8 Å². The number of carbonyl (C=O) groups excluding carboxylic acids is 2. The molecule has 0 heterocycles. The van der Waals surface area contributed by atoms with Crippen molar-refractivity contribution in [2.45, 2.75) is 11.8 Å². The maximum absolute atomic E-state index is 12.4. The number of hydrogen-bond acceptors (Lipinski definition) is 5. The summed E-state index contributed by atoms with van der Waals surface area (Å²) in [4.78, 5) is 23.2. The van der Waals surface area contributed by atoms with E-state index in [0.29, 0.717) is 11.4 Å². The summed E-state index contributed by atoms with van der Waals surface area (Å²) in [7, 11) is -2.58. The Morgan fingerprint density at radius 2 is 1.56 bits per heavy atom. The van der Waals surface area contributed by atoms with Crippen LogP contribution in [0.4, 0.5) is 11.4 Å². The highest BCUT2D eigenvalue weighted by Gasteiger charge is 2.17. The van der Waals surface area contributed by atoms with Crippen molar-refractivity contribution in [3.8, 4) is 5.75 Å². The van der Waals surface area contributed by atoms with E-state index in [1.54, 1.807) is 24.3 Å².